The maximum atomic E-state index is 5.68. The molecule has 136 valence electrons. The molecule has 4 rings (SSSR count). The Balaban J connectivity index is 1.36. The predicted octanol–water partition coefficient (Wildman–Crippen LogP) is 3.92. The van der Waals surface area contributed by atoms with Crippen LogP contribution < -0.4 is 15.4 Å². The van der Waals surface area contributed by atoms with Crippen molar-refractivity contribution in [2.24, 2.45) is 0 Å². The van der Waals surface area contributed by atoms with Crippen LogP contribution in [-0.4, -0.2) is 40.8 Å². The maximum absolute atomic E-state index is 5.68. The van der Waals surface area contributed by atoms with Gasteiger partial charge in [0.1, 0.15) is 5.75 Å². The lowest BCUT2D eigenvalue weighted by molar-refractivity contribution is 0.0209. The molecule has 4 nitrogen and oxygen atoms in total. The zero-order valence-corrected chi connectivity index (χ0v) is 15.9. The molecule has 2 atom stereocenters. The van der Waals surface area contributed by atoms with Crippen LogP contribution in [0.5, 0.6) is 5.75 Å². The van der Waals surface area contributed by atoms with Gasteiger partial charge in [0.2, 0.25) is 0 Å². The number of benzene rings is 1. The molecule has 1 saturated carbocycles. The van der Waals surface area contributed by atoms with E-state index < -0.39 is 0 Å². The lowest BCUT2D eigenvalue weighted by Crippen LogP contribution is -2.57. The number of fused-ring (bicyclic) bond motifs is 2. The third-order valence-corrected chi connectivity index (χ3v) is 5.99. The molecule has 0 radical (unpaired) electrons. The fraction of sp³-hybridized carbons (Fsp3) is 0.650. The molecular formula is C20H29N3OS. The van der Waals surface area contributed by atoms with Crippen molar-refractivity contribution in [2.45, 2.75) is 76.0 Å². The van der Waals surface area contributed by atoms with Crippen molar-refractivity contribution in [2.75, 3.05) is 11.9 Å². The topological polar surface area (TPSA) is 36.5 Å². The number of anilines is 1. The molecule has 2 unspecified atom stereocenters. The van der Waals surface area contributed by atoms with E-state index in [1.807, 2.05) is 31.2 Å². The van der Waals surface area contributed by atoms with Crippen LogP contribution in [0.4, 0.5) is 5.69 Å². The zero-order chi connectivity index (χ0) is 17.2. The van der Waals surface area contributed by atoms with E-state index in [4.69, 9.17) is 17.0 Å². The molecular weight excluding hydrogens is 330 g/mol. The highest BCUT2D eigenvalue weighted by molar-refractivity contribution is 7.80. The predicted molar refractivity (Wildman–Crippen MR) is 106 cm³/mol. The summed E-state index contributed by atoms with van der Waals surface area (Å²) < 4.78 is 5.68. The Morgan fingerprint density at radius 3 is 2.52 bits per heavy atom. The number of para-hydroxylation sites is 2. The average molecular weight is 360 g/mol. The van der Waals surface area contributed by atoms with Crippen LogP contribution >= 0.6 is 12.2 Å². The zero-order valence-electron chi connectivity index (χ0n) is 15.0. The van der Waals surface area contributed by atoms with E-state index >= 15 is 0 Å². The third kappa shape index (κ3) is 3.93. The number of hydrogen-bond acceptors (Lipinski definition) is 3. The molecule has 1 aromatic rings. The van der Waals surface area contributed by atoms with Crippen molar-refractivity contribution < 1.29 is 4.74 Å². The Morgan fingerprint density at radius 2 is 1.84 bits per heavy atom. The number of nitrogens with zero attached hydrogens (tertiary/aromatic N) is 1. The van der Waals surface area contributed by atoms with E-state index in [2.05, 4.69) is 15.5 Å². The first-order chi connectivity index (χ1) is 12.2. The van der Waals surface area contributed by atoms with Crippen molar-refractivity contribution in [3.8, 4) is 5.75 Å². The molecule has 1 aliphatic carbocycles. The maximum Gasteiger partial charge on any atom is 0.171 e. The van der Waals surface area contributed by atoms with Crippen LogP contribution in [0.25, 0.3) is 0 Å². The Morgan fingerprint density at radius 1 is 1.12 bits per heavy atom. The summed E-state index contributed by atoms with van der Waals surface area (Å²) in [5.41, 5.74) is 0.942. The Labute approximate surface area is 156 Å². The lowest BCUT2D eigenvalue weighted by atomic mass is 9.81. The highest BCUT2D eigenvalue weighted by Crippen LogP contribution is 2.41. The van der Waals surface area contributed by atoms with Gasteiger partial charge in [0, 0.05) is 24.2 Å². The summed E-state index contributed by atoms with van der Waals surface area (Å²) in [5, 5.41) is 7.64. The molecule has 0 spiro atoms. The lowest BCUT2D eigenvalue weighted by Gasteiger charge is -2.49. The number of hydrogen-bond donors (Lipinski definition) is 2. The van der Waals surface area contributed by atoms with E-state index in [0.29, 0.717) is 12.6 Å². The molecule has 1 aromatic carbocycles. The molecule has 2 N–H and O–H groups in total. The van der Waals surface area contributed by atoms with Crippen LogP contribution in [-0.2, 0) is 0 Å². The van der Waals surface area contributed by atoms with E-state index in [0.717, 1.165) is 34.7 Å². The quantitative estimate of drug-likeness (QED) is 0.780. The van der Waals surface area contributed by atoms with Gasteiger partial charge in [-0.15, -0.1) is 0 Å². The first-order valence-electron chi connectivity index (χ1n) is 9.81. The fourth-order valence-corrected chi connectivity index (χ4v) is 4.98. The number of nitrogens with one attached hydrogen (secondary N) is 2. The van der Waals surface area contributed by atoms with E-state index in [9.17, 15) is 0 Å². The van der Waals surface area contributed by atoms with Crippen molar-refractivity contribution in [3.05, 3.63) is 24.3 Å². The minimum atomic E-state index is 0.490. The van der Waals surface area contributed by atoms with Crippen LogP contribution in [0, 0.1) is 0 Å². The van der Waals surface area contributed by atoms with Crippen LogP contribution in [0.15, 0.2) is 24.3 Å². The molecule has 2 aliphatic heterocycles. The molecule has 3 aliphatic rings. The van der Waals surface area contributed by atoms with Crippen LogP contribution in [0.2, 0.25) is 0 Å². The van der Waals surface area contributed by atoms with Gasteiger partial charge in [-0.1, -0.05) is 18.6 Å². The molecule has 0 amide bonds. The molecule has 2 heterocycles. The highest BCUT2D eigenvalue weighted by Gasteiger charge is 2.44. The summed E-state index contributed by atoms with van der Waals surface area (Å²) in [7, 11) is 0. The molecule has 2 bridgehead atoms. The van der Waals surface area contributed by atoms with Crippen LogP contribution in [0.1, 0.15) is 51.9 Å². The second-order valence-corrected chi connectivity index (χ2v) is 8.02. The van der Waals surface area contributed by atoms with Gasteiger partial charge in [-0.05, 0) is 69.8 Å². The number of rotatable bonds is 5. The van der Waals surface area contributed by atoms with Gasteiger partial charge in [0.05, 0.1) is 12.3 Å². The molecule has 2 saturated heterocycles. The molecule has 5 heteroatoms. The molecule has 3 fully saturated rings. The summed E-state index contributed by atoms with van der Waals surface area (Å²) in [6.07, 6.45) is 9.40. The minimum Gasteiger partial charge on any atom is -0.492 e. The average Bonchev–Trinajstić information content (AvgIpc) is 3.41. The van der Waals surface area contributed by atoms with Crippen molar-refractivity contribution in [3.63, 3.8) is 0 Å². The fourth-order valence-electron chi connectivity index (χ4n) is 4.70. The summed E-state index contributed by atoms with van der Waals surface area (Å²) >= 11 is 5.59. The van der Waals surface area contributed by atoms with Gasteiger partial charge in [0.25, 0.3) is 0 Å². The van der Waals surface area contributed by atoms with Crippen molar-refractivity contribution in [1.29, 1.82) is 0 Å². The van der Waals surface area contributed by atoms with Gasteiger partial charge >= 0.3 is 0 Å². The standard InChI is InChI=1S/C20H29N3OS/c1-2-24-19-9-4-3-8-18(19)22-20(25)21-14-12-16-6-5-7-17(13-14)23(16)15-10-11-15/h3-4,8-9,14-17H,2,5-7,10-13H2,1H3,(H2,21,22,25). The Kier molecular flexibility index (Phi) is 5.13. The number of ether oxygens (including phenoxy) is 1. The summed E-state index contributed by atoms with van der Waals surface area (Å²) in [5.74, 6) is 0.856. The Hall–Kier alpha value is -1.33. The summed E-state index contributed by atoms with van der Waals surface area (Å²) in [4.78, 5) is 2.85. The summed E-state index contributed by atoms with van der Waals surface area (Å²) in [6.45, 7) is 2.65. The number of piperidine rings is 2. The Bertz CT molecular complexity index is 605. The van der Waals surface area contributed by atoms with Crippen LogP contribution in [0.3, 0.4) is 0 Å². The number of thiocarbonyl (C=S) groups is 1. The second-order valence-electron chi connectivity index (χ2n) is 7.61. The summed E-state index contributed by atoms with van der Waals surface area (Å²) in [6, 6.07) is 10.9. The first-order valence-corrected chi connectivity index (χ1v) is 10.2. The molecule has 25 heavy (non-hydrogen) atoms. The second kappa shape index (κ2) is 7.50. The highest BCUT2D eigenvalue weighted by atomic mass is 32.1. The third-order valence-electron chi connectivity index (χ3n) is 5.77. The first kappa shape index (κ1) is 17.1. The van der Waals surface area contributed by atoms with Gasteiger partial charge in [-0.25, -0.2) is 0 Å². The van der Waals surface area contributed by atoms with Gasteiger partial charge in [0.15, 0.2) is 5.11 Å². The van der Waals surface area contributed by atoms with Crippen molar-refractivity contribution in [1.82, 2.24) is 10.2 Å². The largest absolute Gasteiger partial charge is 0.492 e. The van der Waals surface area contributed by atoms with Crippen molar-refractivity contribution >= 4 is 23.0 Å². The SMILES string of the molecule is CCOc1ccccc1NC(=S)NC1CC2CCCC(C1)N2C1CC1. The van der Waals surface area contributed by atoms with Gasteiger partial charge in [-0.2, -0.15) is 0 Å². The molecule has 0 aromatic heterocycles. The minimum absolute atomic E-state index is 0.490. The van der Waals surface area contributed by atoms with E-state index in [1.54, 1.807) is 0 Å². The van der Waals surface area contributed by atoms with E-state index in [-0.39, 0.29) is 0 Å². The van der Waals surface area contributed by atoms with Gasteiger partial charge in [-0.3, -0.25) is 4.90 Å². The van der Waals surface area contributed by atoms with E-state index in [1.165, 1.54) is 44.9 Å². The smallest absolute Gasteiger partial charge is 0.171 e. The monoisotopic (exact) mass is 359 g/mol. The normalized spacial score (nSPS) is 29.1. The van der Waals surface area contributed by atoms with Gasteiger partial charge < -0.3 is 15.4 Å².